The van der Waals surface area contributed by atoms with Gasteiger partial charge in [-0.1, -0.05) is 12.1 Å². The van der Waals surface area contributed by atoms with Crippen LogP contribution in [0.4, 0.5) is 0 Å². The van der Waals surface area contributed by atoms with Crippen molar-refractivity contribution >= 4 is 5.91 Å². The first-order valence-corrected chi connectivity index (χ1v) is 4.37. The second kappa shape index (κ2) is 2.85. The van der Waals surface area contributed by atoms with Crippen LogP contribution in [0.5, 0.6) is 0 Å². The number of carbonyl (C=O) groups is 1. The molecule has 0 aromatic heterocycles. The molecule has 4 N–H and O–H groups in total. The molecule has 1 aliphatic rings. The molecule has 2 rings (SSSR count). The minimum atomic E-state index is -0.380. The van der Waals surface area contributed by atoms with Crippen LogP contribution in [0, 0.1) is 0 Å². The minimum absolute atomic E-state index is 0.0151. The van der Waals surface area contributed by atoms with E-state index in [1.807, 2.05) is 12.1 Å². The van der Waals surface area contributed by atoms with Crippen molar-refractivity contribution in [2.24, 2.45) is 11.5 Å². The van der Waals surface area contributed by atoms with E-state index in [-0.39, 0.29) is 11.9 Å². The number of hydrogen-bond acceptors (Lipinski definition) is 2. The molecule has 0 spiro atoms. The van der Waals surface area contributed by atoms with Crippen molar-refractivity contribution in [1.82, 2.24) is 0 Å². The van der Waals surface area contributed by atoms with Gasteiger partial charge in [0.1, 0.15) is 0 Å². The normalized spacial score (nSPS) is 19.9. The molecule has 1 aromatic rings. The molecule has 0 bridgehead atoms. The van der Waals surface area contributed by atoms with Gasteiger partial charge in [0.2, 0.25) is 5.91 Å². The highest BCUT2D eigenvalue weighted by molar-refractivity contribution is 5.95. The molecule has 68 valence electrons. The minimum Gasteiger partial charge on any atom is -0.366 e. The molecule has 1 aliphatic carbocycles. The lowest BCUT2D eigenvalue weighted by atomic mass is 10.0. The molecule has 0 heterocycles. The summed E-state index contributed by atoms with van der Waals surface area (Å²) in [5.74, 6) is -0.380. The summed E-state index contributed by atoms with van der Waals surface area (Å²) in [6, 6.07) is 5.59. The van der Waals surface area contributed by atoms with Gasteiger partial charge in [-0.25, -0.2) is 0 Å². The fraction of sp³-hybridized carbons (Fsp3) is 0.300. The fourth-order valence-corrected chi connectivity index (χ4v) is 1.94. The first-order chi connectivity index (χ1) is 6.20. The maximum absolute atomic E-state index is 11.1. The maximum Gasteiger partial charge on any atom is 0.249 e. The van der Waals surface area contributed by atoms with Gasteiger partial charge in [-0.05, 0) is 30.0 Å². The molecule has 0 saturated heterocycles. The number of carbonyl (C=O) groups excluding carboxylic acids is 1. The third kappa shape index (κ3) is 1.21. The van der Waals surface area contributed by atoms with E-state index in [1.165, 1.54) is 5.56 Å². The Labute approximate surface area is 76.7 Å². The topological polar surface area (TPSA) is 69.1 Å². The van der Waals surface area contributed by atoms with Gasteiger partial charge >= 0.3 is 0 Å². The van der Waals surface area contributed by atoms with Gasteiger partial charge < -0.3 is 11.5 Å². The Morgan fingerprint density at radius 2 is 2.23 bits per heavy atom. The van der Waals surface area contributed by atoms with Crippen LogP contribution in [0.25, 0.3) is 0 Å². The highest BCUT2D eigenvalue weighted by atomic mass is 16.1. The summed E-state index contributed by atoms with van der Waals surface area (Å²) in [6.45, 7) is 0. The Hall–Kier alpha value is -1.35. The van der Waals surface area contributed by atoms with Gasteiger partial charge in [0.05, 0.1) is 0 Å². The van der Waals surface area contributed by atoms with Gasteiger partial charge in [0.15, 0.2) is 0 Å². The first-order valence-electron chi connectivity index (χ1n) is 4.37. The van der Waals surface area contributed by atoms with Crippen LogP contribution in [0.2, 0.25) is 0 Å². The summed E-state index contributed by atoms with van der Waals surface area (Å²) < 4.78 is 0. The molecule has 0 radical (unpaired) electrons. The van der Waals surface area contributed by atoms with Crippen molar-refractivity contribution in [2.45, 2.75) is 18.9 Å². The highest BCUT2D eigenvalue weighted by Gasteiger charge is 2.23. The van der Waals surface area contributed by atoms with Crippen LogP contribution in [-0.2, 0) is 6.42 Å². The van der Waals surface area contributed by atoms with Crippen LogP contribution in [0.1, 0.15) is 33.9 Å². The molecular formula is C10H12N2O. The van der Waals surface area contributed by atoms with Crippen molar-refractivity contribution in [3.8, 4) is 0 Å². The van der Waals surface area contributed by atoms with Crippen molar-refractivity contribution in [2.75, 3.05) is 0 Å². The van der Waals surface area contributed by atoms with Crippen LogP contribution < -0.4 is 11.5 Å². The molecule has 0 fully saturated rings. The number of primary amides is 1. The lowest BCUT2D eigenvalue weighted by molar-refractivity contribution is 0.0999. The van der Waals surface area contributed by atoms with E-state index in [0.717, 1.165) is 18.4 Å². The lowest BCUT2D eigenvalue weighted by Gasteiger charge is -2.08. The predicted molar refractivity (Wildman–Crippen MR) is 50.2 cm³/mol. The smallest absolute Gasteiger partial charge is 0.249 e. The number of rotatable bonds is 1. The van der Waals surface area contributed by atoms with Crippen molar-refractivity contribution in [1.29, 1.82) is 0 Å². The summed E-state index contributed by atoms with van der Waals surface area (Å²) in [4.78, 5) is 11.1. The molecule has 13 heavy (non-hydrogen) atoms. The summed E-state index contributed by atoms with van der Waals surface area (Å²) in [6.07, 6.45) is 1.87. The monoisotopic (exact) mass is 176 g/mol. The fourth-order valence-electron chi connectivity index (χ4n) is 1.94. The number of amides is 1. The van der Waals surface area contributed by atoms with Gasteiger partial charge in [-0.3, -0.25) is 4.79 Å². The standard InChI is InChI=1S/C10H12N2O/c11-8-5-4-6-2-1-3-7(9(6)8)10(12)13/h1-3,8H,4-5,11H2,(H2,12,13)/t8-/m0/s1. The van der Waals surface area contributed by atoms with E-state index in [9.17, 15) is 4.79 Å². The summed E-state index contributed by atoms with van der Waals surface area (Å²) in [7, 11) is 0. The number of aryl methyl sites for hydroxylation is 1. The molecule has 3 heteroatoms. The van der Waals surface area contributed by atoms with Gasteiger partial charge in [-0.15, -0.1) is 0 Å². The van der Waals surface area contributed by atoms with Crippen molar-refractivity contribution in [3.63, 3.8) is 0 Å². The van der Waals surface area contributed by atoms with Crippen LogP contribution in [0.15, 0.2) is 18.2 Å². The van der Waals surface area contributed by atoms with Crippen LogP contribution >= 0.6 is 0 Å². The Balaban J connectivity index is 2.60. The second-order valence-corrected chi connectivity index (χ2v) is 3.39. The molecule has 0 unspecified atom stereocenters. The van der Waals surface area contributed by atoms with Crippen LogP contribution in [0.3, 0.4) is 0 Å². The van der Waals surface area contributed by atoms with E-state index in [4.69, 9.17) is 11.5 Å². The number of hydrogen-bond donors (Lipinski definition) is 2. The summed E-state index contributed by atoms with van der Waals surface area (Å²) in [5.41, 5.74) is 13.8. The summed E-state index contributed by atoms with van der Waals surface area (Å²) in [5, 5.41) is 0. The van der Waals surface area contributed by atoms with E-state index in [2.05, 4.69) is 0 Å². The zero-order valence-electron chi connectivity index (χ0n) is 7.29. The quantitative estimate of drug-likeness (QED) is 0.662. The Bertz CT molecular complexity index is 360. The van der Waals surface area contributed by atoms with Crippen LogP contribution in [-0.4, -0.2) is 5.91 Å². The number of nitrogens with two attached hydrogens (primary N) is 2. The number of fused-ring (bicyclic) bond motifs is 1. The Morgan fingerprint density at radius 1 is 1.46 bits per heavy atom. The predicted octanol–water partition coefficient (Wildman–Crippen LogP) is 0.732. The second-order valence-electron chi connectivity index (χ2n) is 3.39. The average Bonchev–Trinajstić information content (AvgIpc) is 2.48. The highest BCUT2D eigenvalue weighted by Crippen LogP contribution is 2.31. The van der Waals surface area contributed by atoms with Crippen molar-refractivity contribution < 1.29 is 4.79 Å². The third-order valence-electron chi connectivity index (χ3n) is 2.56. The third-order valence-corrected chi connectivity index (χ3v) is 2.56. The van der Waals surface area contributed by atoms with Gasteiger partial charge in [-0.2, -0.15) is 0 Å². The van der Waals surface area contributed by atoms with E-state index in [0.29, 0.717) is 5.56 Å². The van der Waals surface area contributed by atoms with E-state index < -0.39 is 0 Å². The van der Waals surface area contributed by atoms with Crippen molar-refractivity contribution in [3.05, 3.63) is 34.9 Å². The maximum atomic E-state index is 11.1. The summed E-state index contributed by atoms with van der Waals surface area (Å²) >= 11 is 0. The van der Waals surface area contributed by atoms with E-state index in [1.54, 1.807) is 6.07 Å². The molecule has 1 atom stereocenters. The number of benzene rings is 1. The molecule has 1 aromatic carbocycles. The molecule has 0 aliphatic heterocycles. The molecule has 0 saturated carbocycles. The average molecular weight is 176 g/mol. The largest absolute Gasteiger partial charge is 0.366 e. The van der Waals surface area contributed by atoms with Gasteiger partial charge in [0.25, 0.3) is 0 Å². The molecule has 1 amide bonds. The Kier molecular flexibility index (Phi) is 1.81. The van der Waals surface area contributed by atoms with Gasteiger partial charge in [0, 0.05) is 11.6 Å². The lowest BCUT2D eigenvalue weighted by Crippen LogP contribution is -2.17. The zero-order valence-corrected chi connectivity index (χ0v) is 7.29. The Morgan fingerprint density at radius 3 is 2.92 bits per heavy atom. The molecule has 3 nitrogen and oxygen atoms in total. The first kappa shape index (κ1) is 8.26. The zero-order chi connectivity index (χ0) is 9.42. The van der Waals surface area contributed by atoms with E-state index >= 15 is 0 Å². The SMILES string of the molecule is NC(=O)c1cccc2c1[C@@H](N)CC2. The molecular weight excluding hydrogens is 164 g/mol.